The van der Waals surface area contributed by atoms with Gasteiger partial charge in [-0.2, -0.15) is 0 Å². The van der Waals surface area contributed by atoms with Gasteiger partial charge in [0.25, 0.3) is 5.69 Å². The van der Waals surface area contributed by atoms with Crippen molar-refractivity contribution in [3.63, 3.8) is 0 Å². The minimum atomic E-state index is -0.708. The van der Waals surface area contributed by atoms with E-state index in [1.165, 1.54) is 0 Å². The Morgan fingerprint density at radius 1 is 1.42 bits per heavy atom. The Balaban J connectivity index is 1.55. The van der Waals surface area contributed by atoms with Crippen molar-refractivity contribution in [1.29, 1.82) is 0 Å². The summed E-state index contributed by atoms with van der Waals surface area (Å²) in [6.07, 6.45) is 1.82. The third-order valence-electron chi connectivity index (χ3n) is 3.81. The Hall–Kier alpha value is -2.88. The normalized spacial score (nSPS) is 14.2. The standard InChI is InChI=1S/C14H15FN6O3/c15-11-2-1-10(21(23)24)7-12(11)17-14(22)3-4-19-5-6-20-9-16-18-13(20)8-19/h1-2,7,9H,3-6,8H2,(H,17,22). The molecule has 10 heteroatoms. The van der Waals surface area contributed by atoms with Crippen molar-refractivity contribution in [3.8, 4) is 0 Å². The summed E-state index contributed by atoms with van der Waals surface area (Å²) in [4.78, 5) is 24.1. The molecule has 0 aliphatic carbocycles. The van der Waals surface area contributed by atoms with Gasteiger partial charge in [0.15, 0.2) is 0 Å². The van der Waals surface area contributed by atoms with Gasteiger partial charge in [0, 0.05) is 38.2 Å². The van der Waals surface area contributed by atoms with Crippen LogP contribution in [0.4, 0.5) is 15.8 Å². The average molecular weight is 334 g/mol. The first-order chi connectivity index (χ1) is 11.5. The van der Waals surface area contributed by atoms with Crippen molar-refractivity contribution in [3.05, 3.63) is 46.3 Å². The van der Waals surface area contributed by atoms with E-state index >= 15 is 0 Å². The zero-order valence-corrected chi connectivity index (χ0v) is 12.7. The molecule has 0 spiro atoms. The molecule has 1 aliphatic heterocycles. The molecule has 2 heterocycles. The number of halogens is 1. The maximum Gasteiger partial charge on any atom is 0.271 e. The number of hydrogen-bond donors (Lipinski definition) is 1. The number of carbonyl (C=O) groups excluding carboxylic acids is 1. The largest absolute Gasteiger partial charge is 0.323 e. The van der Waals surface area contributed by atoms with Crippen LogP contribution in [0.25, 0.3) is 0 Å². The highest BCUT2D eigenvalue weighted by Gasteiger charge is 2.18. The summed E-state index contributed by atoms with van der Waals surface area (Å²) in [5, 5.41) is 20.9. The summed E-state index contributed by atoms with van der Waals surface area (Å²) in [6.45, 7) is 2.60. The van der Waals surface area contributed by atoms with Crippen molar-refractivity contribution >= 4 is 17.3 Å². The number of aromatic nitrogens is 3. The summed E-state index contributed by atoms with van der Waals surface area (Å²) >= 11 is 0. The second-order valence-electron chi connectivity index (χ2n) is 5.44. The minimum absolute atomic E-state index is 0.149. The molecule has 24 heavy (non-hydrogen) atoms. The van der Waals surface area contributed by atoms with Gasteiger partial charge in [-0.05, 0) is 6.07 Å². The van der Waals surface area contributed by atoms with Crippen molar-refractivity contribution in [2.24, 2.45) is 0 Å². The number of nitro benzene ring substituents is 1. The number of amides is 1. The van der Waals surface area contributed by atoms with Gasteiger partial charge < -0.3 is 9.88 Å². The van der Waals surface area contributed by atoms with E-state index in [2.05, 4.69) is 15.5 Å². The first-order valence-corrected chi connectivity index (χ1v) is 7.36. The molecule has 0 bridgehead atoms. The molecule has 0 saturated heterocycles. The molecule has 0 radical (unpaired) electrons. The Bertz CT molecular complexity index is 778. The minimum Gasteiger partial charge on any atom is -0.323 e. The highest BCUT2D eigenvalue weighted by atomic mass is 19.1. The van der Waals surface area contributed by atoms with Crippen LogP contribution in [0.3, 0.4) is 0 Å². The number of nitrogens with one attached hydrogen (secondary N) is 1. The lowest BCUT2D eigenvalue weighted by Crippen LogP contribution is -2.35. The van der Waals surface area contributed by atoms with Gasteiger partial charge in [0.05, 0.1) is 17.2 Å². The Kier molecular flexibility index (Phi) is 4.47. The van der Waals surface area contributed by atoms with E-state index in [9.17, 15) is 19.3 Å². The van der Waals surface area contributed by atoms with E-state index in [1.807, 2.05) is 9.47 Å². The van der Waals surface area contributed by atoms with Crippen molar-refractivity contribution in [2.75, 3.05) is 18.4 Å². The number of rotatable bonds is 5. The van der Waals surface area contributed by atoms with E-state index in [-0.39, 0.29) is 17.8 Å². The van der Waals surface area contributed by atoms with Gasteiger partial charge in [-0.15, -0.1) is 10.2 Å². The van der Waals surface area contributed by atoms with Gasteiger partial charge in [-0.1, -0.05) is 0 Å². The zero-order chi connectivity index (χ0) is 17.1. The monoisotopic (exact) mass is 334 g/mol. The fourth-order valence-corrected chi connectivity index (χ4v) is 2.50. The van der Waals surface area contributed by atoms with Gasteiger partial charge in [-0.3, -0.25) is 19.8 Å². The summed E-state index contributed by atoms with van der Waals surface area (Å²) in [7, 11) is 0. The molecule has 1 amide bonds. The predicted molar refractivity (Wildman–Crippen MR) is 81.6 cm³/mol. The maximum atomic E-state index is 13.7. The van der Waals surface area contributed by atoms with Crippen LogP contribution in [0.1, 0.15) is 12.2 Å². The van der Waals surface area contributed by atoms with E-state index in [1.54, 1.807) is 6.33 Å². The van der Waals surface area contributed by atoms with E-state index < -0.39 is 16.6 Å². The Morgan fingerprint density at radius 3 is 3.04 bits per heavy atom. The van der Waals surface area contributed by atoms with Crippen molar-refractivity contribution in [1.82, 2.24) is 19.7 Å². The second-order valence-corrected chi connectivity index (χ2v) is 5.44. The molecule has 9 nitrogen and oxygen atoms in total. The van der Waals surface area contributed by atoms with Gasteiger partial charge in [0.2, 0.25) is 5.91 Å². The first-order valence-electron chi connectivity index (χ1n) is 7.36. The molecule has 1 aromatic carbocycles. The quantitative estimate of drug-likeness (QED) is 0.650. The Labute approximate surface area is 136 Å². The number of carbonyl (C=O) groups is 1. The Morgan fingerprint density at radius 2 is 2.25 bits per heavy atom. The lowest BCUT2D eigenvalue weighted by molar-refractivity contribution is -0.384. The molecule has 3 rings (SSSR count). The molecular formula is C14H15FN6O3. The first kappa shape index (κ1) is 16.0. The molecule has 0 unspecified atom stereocenters. The highest BCUT2D eigenvalue weighted by Crippen LogP contribution is 2.21. The van der Waals surface area contributed by atoms with Crippen LogP contribution >= 0.6 is 0 Å². The number of nitro groups is 1. The topological polar surface area (TPSA) is 106 Å². The lowest BCUT2D eigenvalue weighted by atomic mass is 10.2. The fraction of sp³-hybridized carbons (Fsp3) is 0.357. The van der Waals surface area contributed by atoms with Gasteiger partial charge in [-0.25, -0.2) is 4.39 Å². The smallest absolute Gasteiger partial charge is 0.271 e. The average Bonchev–Trinajstić information content (AvgIpc) is 3.02. The zero-order valence-electron chi connectivity index (χ0n) is 12.7. The maximum absolute atomic E-state index is 13.7. The summed E-state index contributed by atoms with van der Waals surface area (Å²) in [5.74, 6) is -0.271. The van der Waals surface area contributed by atoms with E-state index in [0.717, 1.165) is 37.1 Å². The molecular weight excluding hydrogens is 319 g/mol. The fourth-order valence-electron chi connectivity index (χ4n) is 2.50. The molecule has 0 atom stereocenters. The van der Waals surface area contributed by atoms with E-state index in [4.69, 9.17) is 0 Å². The van der Waals surface area contributed by atoms with Crippen LogP contribution in [-0.2, 0) is 17.9 Å². The molecule has 1 N–H and O–H groups in total. The number of anilines is 1. The third-order valence-corrected chi connectivity index (χ3v) is 3.81. The molecule has 1 aromatic heterocycles. The van der Waals surface area contributed by atoms with Crippen LogP contribution in [0.5, 0.6) is 0 Å². The predicted octanol–water partition coefficient (Wildman–Crippen LogP) is 1.17. The van der Waals surface area contributed by atoms with Crippen molar-refractivity contribution < 1.29 is 14.1 Å². The molecule has 126 valence electrons. The van der Waals surface area contributed by atoms with Crippen LogP contribution in [-0.4, -0.2) is 43.6 Å². The lowest BCUT2D eigenvalue weighted by Gasteiger charge is -2.26. The highest BCUT2D eigenvalue weighted by molar-refractivity contribution is 5.91. The van der Waals surface area contributed by atoms with Crippen LogP contribution in [0.15, 0.2) is 24.5 Å². The van der Waals surface area contributed by atoms with Crippen LogP contribution < -0.4 is 5.32 Å². The van der Waals surface area contributed by atoms with Crippen LogP contribution in [0, 0.1) is 15.9 Å². The number of nitrogens with zero attached hydrogens (tertiary/aromatic N) is 5. The molecule has 0 fully saturated rings. The number of benzene rings is 1. The number of hydrogen-bond acceptors (Lipinski definition) is 6. The summed E-state index contributed by atoms with van der Waals surface area (Å²) < 4.78 is 15.6. The number of non-ortho nitro benzene ring substituents is 1. The van der Waals surface area contributed by atoms with Gasteiger partial charge in [0.1, 0.15) is 18.0 Å². The van der Waals surface area contributed by atoms with Crippen LogP contribution in [0.2, 0.25) is 0 Å². The molecule has 0 saturated carbocycles. The number of fused-ring (bicyclic) bond motifs is 1. The third kappa shape index (κ3) is 3.54. The van der Waals surface area contributed by atoms with Crippen molar-refractivity contribution in [2.45, 2.75) is 19.5 Å². The molecule has 1 aliphatic rings. The second kappa shape index (κ2) is 6.71. The van der Waals surface area contributed by atoms with Gasteiger partial charge >= 0.3 is 0 Å². The SMILES string of the molecule is O=C(CCN1CCn2cnnc2C1)Nc1cc([N+](=O)[O-])ccc1F. The molecule has 2 aromatic rings. The van der Waals surface area contributed by atoms with E-state index in [0.29, 0.717) is 13.1 Å². The summed E-state index contributed by atoms with van der Waals surface area (Å²) in [6, 6.07) is 3.02. The summed E-state index contributed by atoms with van der Waals surface area (Å²) in [5.41, 5.74) is -0.463.